The lowest BCUT2D eigenvalue weighted by molar-refractivity contribution is -0.147. The lowest BCUT2D eigenvalue weighted by atomic mass is 9.75. The second-order valence-corrected chi connectivity index (χ2v) is 5.24. The van der Waals surface area contributed by atoms with E-state index < -0.39 is 0 Å². The van der Waals surface area contributed by atoms with Crippen molar-refractivity contribution in [3.63, 3.8) is 0 Å². The maximum atomic E-state index is 11.6. The van der Waals surface area contributed by atoms with E-state index in [0.717, 1.165) is 6.42 Å². The first-order valence-electron chi connectivity index (χ1n) is 5.15. The molecular formula is C11H18O2. The highest BCUT2D eigenvalue weighted by molar-refractivity contribution is 5.76. The van der Waals surface area contributed by atoms with Crippen LogP contribution in [0.15, 0.2) is 0 Å². The van der Waals surface area contributed by atoms with E-state index in [1.165, 1.54) is 0 Å². The van der Waals surface area contributed by atoms with Crippen LogP contribution < -0.4 is 0 Å². The predicted molar refractivity (Wildman–Crippen MR) is 50.1 cm³/mol. The molecule has 0 aromatic heterocycles. The van der Waals surface area contributed by atoms with Gasteiger partial charge in [-0.05, 0) is 24.7 Å². The fourth-order valence-electron chi connectivity index (χ4n) is 2.99. The minimum atomic E-state index is 0.0341. The van der Waals surface area contributed by atoms with Gasteiger partial charge in [-0.25, -0.2) is 0 Å². The van der Waals surface area contributed by atoms with E-state index in [1.54, 1.807) is 0 Å². The standard InChI is InChI=1S/C11H18O2/c1-6-5-8-7(2)13-10(12)9(8)11(6,3)4/h6-9H,5H2,1-4H3. The topological polar surface area (TPSA) is 26.3 Å². The average molecular weight is 182 g/mol. The highest BCUT2D eigenvalue weighted by Crippen LogP contribution is 2.55. The van der Waals surface area contributed by atoms with Crippen molar-refractivity contribution >= 4 is 5.97 Å². The molecule has 0 amide bonds. The molecule has 4 atom stereocenters. The SMILES string of the molecule is CC1OC(=O)C2C1CC(C)C2(C)C. The number of hydrogen-bond acceptors (Lipinski definition) is 2. The molecule has 2 nitrogen and oxygen atoms in total. The van der Waals surface area contributed by atoms with Crippen LogP contribution in [0.2, 0.25) is 0 Å². The van der Waals surface area contributed by atoms with Gasteiger partial charge in [0.25, 0.3) is 0 Å². The third kappa shape index (κ3) is 1.04. The van der Waals surface area contributed by atoms with Gasteiger partial charge in [-0.15, -0.1) is 0 Å². The summed E-state index contributed by atoms with van der Waals surface area (Å²) >= 11 is 0. The number of ether oxygens (including phenoxy) is 1. The van der Waals surface area contributed by atoms with Crippen molar-refractivity contribution in [3.05, 3.63) is 0 Å². The third-order valence-electron chi connectivity index (χ3n) is 4.28. The predicted octanol–water partition coefficient (Wildman–Crippen LogP) is 2.23. The van der Waals surface area contributed by atoms with E-state index in [0.29, 0.717) is 11.8 Å². The summed E-state index contributed by atoms with van der Waals surface area (Å²) in [6.07, 6.45) is 1.28. The summed E-state index contributed by atoms with van der Waals surface area (Å²) in [5.74, 6) is 1.29. The zero-order valence-corrected chi connectivity index (χ0v) is 8.83. The highest BCUT2D eigenvalue weighted by atomic mass is 16.6. The molecule has 0 aromatic rings. The molecule has 2 fully saturated rings. The molecule has 1 heterocycles. The van der Waals surface area contributed by atoms with Gasteiger partial charge in [0.1, 0.15) is 6.10 Å². The van der Waals surface area contributed by atoms with E-state index in [4.69, 9.17) is 4.74 Å². The number of hydrogen-bond donors (Lipinski definition) is 0. The zero-order valence-electron chi connectivity index (χ0n) is 8.83. The quantitative estimate of drug-likeness (QED) is 0.537. The van der Waals surface area contributed by atoms with E-state index >= 15 is 0 Å². The molecule has 0 spiro atoms. The van der Waals surface area contributed by atoms with Crippen molar-refractivity contribution in [1.82, 2.24) is 0 Å². The van der Waals surface area contributed by atoms with E-state index in [9.17, 15) is 4.79 Å². The lowest BCUT2D eigenvalue weighted by Gasteiger charge is -2.27. The van der Waals surface area contributed by atoms with E-state index in [2.05, 4.69) is 20.8 Å². The van der Waals surface area contributed by atoms with Crippen molar-refractivity contribution in [3.8, 4) is 0 Å². The van der Waals surface area contributed by atoms with Gasteiger partial charge >= 0.3 is 5.97 Å². The van der Waals surface area contributed by atoms with E-state index in [1.807, 2.05) is 6.92 Å². The van der Waals surface area contributed by atoms with Crippen LogP contribution in [-0.4, -0.2) is 12.1 Å². The van der Waals surface area contributed by atoms with Crippen LogP contribution in [0.1, 0.15) is 34.1 Å². The van der Waals surface area contributed by atoms with Gasteiger partial charge in [0, 0.05) is 5.92 Å². The monoisotopic (exact) mass is 182 g/mol. The van der Waals surface area contributed by atoms with Crippen molar-refractivity contribution < 1.29 is 9.53 Å². The minimum Gasteiger partial charge on any atom is -0.462 e. The molecular weight excluding hydrogens is 164 g/mol. The molecule has 0 aromatic carbocycles. The van der Waals surface area contributed by atoms with Crippen LogP contribution in [0.4, 0.5) is 0 Å². The van der Waals surface area contributed by atoms with Crippen LogP contribution in [0.25, 0.3) is 0 Å². The molecule has 74 valence electrons. The van der Waals surface area contributed by atoms with Gasteiger partial charge < -0.3 is 4.74 Å². The molecule has 1 aliphatic heterocycles. The van der Waals surface area contributed by atoms with Gasteiger partial charge in [-0.3, -0.25) is 4.79 Å². The van der Waals surface area contributed by atoms with Crippen LogP contribution in [0.5, 0.6) is 0 Å². The van der Waals surface area contributed by atoms with Crippen LogP contribution in [-0.2, 0) is 9.53 Å². The Morgan fingerprint density at radius 1 is 1.38 bits per heavy atom. The van der Waals surface area contributed by atoms with Gasteiger partial charge in [-0.1, -0.05) is 20.8 Å². The van der Waals surface area contributed by atoms with E-state index in [-0.39, 0.29) is 23.4 Å². The van der Waals surface area contributed by atoms with Gasteiger partial charge in [0.15, 0.2) is 0 Å². The molecule has 0 bridgehead atoms. The molecule has 0 radical (unpaired) electrons. The second kappa shape index (κ2) is 2.49. The Labute approximate surface area is 79.7 Å². The van der Waals surface area contributed by atoms with Crippen molar-refractivity contribution in [1.29, 1.82) is 0 Å². The first-order valence-corrected chi connectivity index (χ1v) is 5.15. The smallest absolute Gasteiger partial charge is 0.310 e. The first-order chi connectivity index (χ1) is 5.94. The van der Waals surface area contributed by atoms with Gasteiger partial charge in [0.05, 0.1) is 5.92 Å². The summed E-state index contributed by atoms with van der Waals surface area (Å²) in [6, 6.07) is 0. The van der Waals surface area contributed by atoms with Crippen molar-refractivity contribution in [2.45, 2.75) is 40.2 Å². The number of rotatable bonds is 0. The largest absolute Gasteiger partial charge is 0.462 e. The number of carbonyl (C=O) groups is 1. The Hall–Kier alpha value is -0.530. The Morgan fingerprint density at radius 3 is 2.54 bits per heavy atom. The summed E-state index contributed by atoms with van der Waals surface area (Å²) in [6.45, 7) is 8.66. The molecule has 1 aliphatic carbocycles. The van der Waals surface area contributed by atoms with Crippen LogP contribution >= 0.6 is 0 Å². The summed E-state index contributed by atoms with van der Waals surface area (Å²) in [5.41, 5.74) is 0.131. The molecule has 13 heavy (non-hydrogen) atoms. The number of fused-ring (bicyclic) bond motifs is 1. The molecule has 0 N–H and O–H groups in total. The Morgan fingerprint density at radius 2 is 2.00 bits per heavy atom. The molecule has 2 aliphatic rings. The average Bonchev–Trinajstić information content (AvgIpc) is 2.38. The molecule has 1 saturated carbocycles. The zero-order chi connectivity index (χ0) is 9.80. The minimum absolute atomic E-state index is 0.0341. The maximum absolute atomic E-state index is 11.6. The van der Waals surface area contributed by atoms with Crippen LogP contribution in [0.3, 0.4) is 0 Å². The molecule has 2 rings (SSSR count). The fraction of sp³-hybridized carbons (Fsp3) is 0.909. The number of cyclic esters (lactones) is 1. The molecule has 4 unspecified atom stereocenters. The summed E-state index contributed by atoms with van der Waals surface area (Å²) in [4.78, 5) is 11.6. The van der Waals surface area contributed by atoms with Gasteiger partial charge in [-0.2, -0.15) is 0 Å². The second-order valence-electron chi connectivity index (χ2n) is 5.24. The van der Waals surface area contributed by atoms with Crippen LogP contribution in [0, 0.1) is 23.2 Å². The van der Waals surface area contributed by atoms with Crippen molar-refractivity contribution in [2.24, 2.45) is 23.2 Å². The third-order valence-corrected chi connectivity index (χ3v) is 4.28. The molecule has 2 heteroatoms. The summed E-state index contributed by atoms with van der Waals surface area (Å²) < 4.78 is 5.27. The summed E-state index contributed by atoms with van der Waals surface area (Å²) in [5, 5.41) is 0. The first kappa shape index (κ1) is 9.04. The number of esters is 1. The number of carbonyl (C=O) groups excluding carboxylic acids is 1. The normalized spacial score (nSPS) is 47.5. The fourth-order valence-corrected chi connectivity index (χ4v) is 2.99. The summed E-state index contributed by atoms with van der Waals surface area (Å²) in [7, 11) is 0. The highest BCUT2D eigenvalue weighted by Gasteiger charge is 2.57. The maximum Gasteiger partial charge on any atom is 0.310 e. The van der Waals surface area contributed by atoms with Crippen molar-refractivity contribution in [2.75, 3.05) is 0 Å². The van der Waals surface area contributed by atoms with Gasteiger partial charge in [0.2, 0.25) is 0 Å². The Balaban J connectivity index is 2.33. The lowest BCUT2D eigenvalue weighted by Crippen LogP contribution is -2.29. The Bertz CT molecular complexity index is 244. The molecule has 1 saturated heterocycles. The Kier molecular flexibility index (Phi) is 1.73.